The Hall–Kier alpha value is -1.86. The van der Waals surface area contributed by atoms with Crippen LogP contribution in [0.1, 0.15) is 38.1 Å². The highest BCUT2D eigenvalue weighted by atomic mass is 32.1. The Bertz CT molecular complexity index is 720. The summed E-state index contributed by atoms with van der Waals surface area (Å²) in [5, 5.41) is 2.53. The van der Waals surface area contributed by atoms with E-state index in [-0.39, 0.29) is 11.9 Å². The molecular formula is C17H21F2N3OS. The third kappa shape index (κ3) is 4.15. The molecule has 2 aromatic rings. The number of nitrogens with zero attached hydrogens (tertiary/aromatic N) is 3. The van der Waals surface area contributed by atoms with Crippen molar-refractivity contribution in [2.75, 3.05) is 18.5 Å². The van der Waals surface area contributed by atoms with Gasteiger partial charge in [-0.2, -0.15) is 0 Å². The summed E-state index contributed by atoms with van der Waals surface area (Å²) in [5.74, 6) is -0.937. The van der Waals surface area contributed by atoms with Gasteiger partial charge in [0.05, 0.1) is 5.69 Å². The molecule has 1 atom stereocenters. The molecule has 1 aromatic heterocycles. The number of hydrogen-bond donors (Lipinski definition) is 0. The minimum Gasteiger partial charge on any atom is -0.294 e. The van der Waals surface area contributed by atoms with Gasteiger partial charge < -0.3 is 0 Å². The van der Waals surface area contributed by atoms with Crippen LogP contribution in [0.5, 0.6) is 0 Å². The summed E-state index contributed by atoms with van der Waals surface area (Å²) in [6.07, 6.45) is 0. The minimum absolute atomic E-state index is 0.0537. The zero-order valence-corrected chi connectivity index (χ0v) is 15.0. The lowest BCUT2D eigenvalue weighted by molar-refractivity contribution is -0.116. The first-order valence-electron chi connectivity index (χ1n) is 7.71. The summed E-state index contributed by atoms with van der Waals surface area (Å²) < 4.78 is 27.3. The van der Waals surface area contributed by atoms with Crippen LogP contribution in [0.4, 0.5) is 13.9 Å². The van der Waals surface area contributed by atoms with Crippen molar-refractivity contribution < 1.29 is 13.6 Å². The second-order valence-corrected chi connectivity index (χ2v) is 6.48. The highest BCUT2D eigenvalue weighted by molar-refractivity contribution is 7.14. The quantitative estimate of drug-likeness (QED) is 0.788. The van der Waals surface area contributed by atoms with E-state index in [0.29, 0.717) is 23.8 Å². The van der Waals surface area contributed by atoms with Crippen molar-refractivity contribution in [3.05, 3.63) is 46.5 Å². The fourth-order valence-corrected chi connectivity index (χ4v) is 3.37. The number of halogens is 2. The van der Waals surface area contributed by atoms with E-state index in [1.165, 1.54) is 24.3 Å². The van der Waals surface area contributed by atoms with Crippen LogP contribution in [0.25, 0.3) is 0 Å². The first-order valence-corrected chi connectivity index (χ1v) is 8.59. The van der Waals surface area contributed by atoms with E-state index in [4.69, 9.17) is 0 Å². The van der Waals surface area contributed by atoms with Crippen LogP contribution in [0.3, 0.4) is 0 Å². The normalized spacial score (nSPS) is 12.5. The molecule has 0 saturated carbocycles. The Labute approximate surface area is 144 Å². The lowest BCUT2D eigenvalue weighted by Crippen LogP contribution is -2.28. The number of carbonyl (C=O) groups excluding carboxylic acids is 1. The fraction of sp³-hybridized carbons (Fsp3) is 0.412. The van der Waals surface area contributed by atoms with Crippen molar-refractivity contribution in [1.82, 2.24) is 9.88 Å². The summed E-state index contributed by atoms with van der Waals surface area (Å²) in [6.45, 7) is 6.25. The average Bonchev–Trinajstić information content (AvgIpc) is 2.97. The number of amides is 1. The van der Waals surface area contributed by atoms with Gasteiger partial charge in [0.1, 0.15) is 11.6 Å². The molecule has 0 aliphatic carbocycles. The summed E-state index contributed by atoms with van der Waals surface area (Å²) in [7, 11) is 1.83. The average molecular weight is 353 g/mol. The third-order valence-electron chi connectivity index (χ3n) is 3.95. The van der Waals surface area contributed by atoms with Gasteiger partial charge in [-0.3, -0.25) is 14.6 Å². The Morgan fingerprint density at radius 3 is 2.71 bits per heavy atom. The molecular weight excluding hydrogens is 332 g/mol. The molecule has 4 nitrogen and oxygen atoms in total. The monoisotopic (exact) mass is 353 g/mol. The molecule has 0 spiro atoms. The molecule has 7 heteroatoms. The summed E-state index contributed by atoms with van der Waals surface area (Å²) in [4.78, 5) is 19.5. The van der Waals surface area contributed by atoms with Gasteiger partial charge in [-0.25, -0.2) is 13.8 Å². The van der Waals surface area contributed by atoms with E-state index in [1.54, 1.807) is 4.90 Å². The molecule has 0 bridgehead atoms. The molecule has 0 aliphatic heterocycles. The molecule has 1 amide bonds. The Kier molecular flexibility index (Phi) is 6.01. The van der Waals surface area contributed by atoms with Gasteiger partial charge in [-0.1, -0.05) is 0 Å². The Morgan fingerprint density at radius 1 is 1.38 bits per heavy atom. The van der Waals surface area contributed by atoms with Crippen LogP contribution in [0.15, 0.2) is 23.6 Å². The number of benzene rings is 1. The highest BCUT2D eigenvalue weighted by Gasteiger charge is 2.19. The topological polar surface area (TPSA) is 36.4 Å². The molecule has 0 saturated heterocycles. The van der Waals surface area contributed by atoms with Crippen molar-refractivity contribution >= 4 is 22.4 Å². The van der Waals surface area contributed by atoms with E-state index in [9.17, 15) is 13.6 Å². The van der Waals surface area contributed by atoms with Crippen molar-refractivity contribution in [3.63, 3.8) is 0 Å². The number of carbonyl (C=O) groups is 1. The standard InChI is InChI=1S/C17H21F2N3OS/c1-5-22(12(3)23)17-20-14(10-24-17)9-21(4)11(2)15-8-13(18)6-7-16(15)19/h6-8,10-11H,5,9H2,1-4H3/t11-/m1/s1. The molecule has 0 radical (unpaired) electrons. The zero-order valence-electron chi connectivity index (χ0n) is 14.2. The summed E-state index contributed by atoms with van der Waals surface area (Å²) >= 11 is 1.40. The van der Waals surface area contributed by atoms with Crippen molar-refractivity contribution in [1.29, 1.82) is 0 Å². The first kappa shape index (κ1) is 18.5. The molecule has 0 aliphatic rings. The highest BCUT2D eigenvalue weighted by Crippen LogP contribution is 2.26. The van der Waals surface area contributed by atoms with Gasteiger partial charge >= 0.3 is 0 Å². The first-order chi connectivity index (χ1) is 11.3. The van der Waals surface area contributed by atoms with Gasteiger partial charge in [0, 0.05) is 37.0 Å². The van der Waals surface area contributed by atoms with E-state index in [2.05, 4.69) is 4.98 Å². The van der Waals surface area contributed by atoms with Crippen molar-refractivity contribution in [3.8, 4) is 0 Å². The number of aromatic nitrogens is 1. The summed E-state index contributed by atoms with van der Waals surface area (Å²) in [5.41, 5.74) is 1.10. The van der Waals surface area contributed by atoms with E-state index >= 15 is 0 Å². The zero-order chi connectivity index (χ0) is 17.9. The fourth-order valence-electron chi connectivity index (χ4n) is 2.45. The maximum Gasteiger partial charge on any atom is 0.225 e. The van der Waals surface area contributed by atoms with Gasteiger partial charge in [-0.15, -0.1) is 11.3 Å². The van der Waals surface area contributed by atoms with Crippen LogP contribution < -0.4 is 4.90 Å². The maximum atomic E-state index is 13.9. The van der Waals surface area contributed by atoms with Gasteiger partial charge in [0.2, 0.25) is 5.91 Å². The van der Waals surface area contributed by atoms with Crippen LogP contribution in [0, 0.1) is 11.6 Å². The minimum atomic E-state index is -0.456. The molecule has 2 rings (SSSR count). The SMILES string of the molecule is CCN(C(C)=O)c1nc(CN(C)[C@H](C)c2cc(F)ccc2F)cs1. The summed E-state index contributed by atoms with van der Waals surface area (Å²) in [6, 6.07) is 3.17. The molecule has 24 heavy (non-hydrogen) atoms. The molecule has 1 aromatic carbocycles. The maximum absolute atomic E-state index is 13.9. The second kappa shape index (κ2) is 7.81. The van der Waals surface area contributed by atoms with Crippen LogP contribution in [-0.2, 0) is 11.3 Å². The van der Waals surface area contributed by atoms with E-state index in [1.807, 2.05) is 31.2 Å². The van der Waals surface area contributed by atoms with Crippen molar-refractivity contribution in [2.45, 2.75) is 33.4 Å². The Morgan fingerprint density at radius 2 is 2.08 bits per heavy atom. The van der Waals surface area contributed by atoms with Gasteiger partial charge in [0.25, 0.3) is 0 Å². The smallest absolute Gasteiger partial charge is 0.225 e. The third-order valence-corrected chi connectivity index (χ3v) is 4.86. The predicted molar refractivity (Wildman–Crippen MR) is 92.1 cm³/mol. The molecule has 0 fully saturated rings. The molecule has 0 N–H and O–H groups in total. The van der Waals surface area contributed by atoms with Crippen LogP contribution in [-0.4, -0.2) is 29.4 Å². The second-order valence-electron chi connectivity index (χ2n) is 5.64. The number of hydrogen-bond acceptors (Lipinski definition) is 4. The van der Waals surface area contributed by atoms with Gasteiger partial charge in [0.15, 0.2) is 5.13 Å². The molecule has 130 valence electrons. The molecule has 1 heterocycles. The van der Waals surface area contributed by atoms with Crippen molar-refractivity contribution in [2.24, 2.45) is 0 Å². The Balaban J connectivity index is 2.12. The number of thiazole rings is 1. The molecule has 0 unspecified atom stereocenters. The lowest BCUT2D eigenvalue weighted by atomic mass is 10.1. The predicted octanol–water partition coefficient (Wildman–Crippen LogP) is 3.99. The van der Waals surface area contributed by atoms with E-state index < -0.39 is 11.6 Å². The largest absolute Gasteiger partial charge is 0.294 e. The van der Waals surface area contributed by atoms with Crippen LogP contribution in [0.2, 0.25) is 0 Å². The van der Waals surface area contributed by atoms with Crippen LogP contribution >= 0.6 is 11.3 Å². The van der Waals surface area contributed by atoms with E-state index in [0.717, 1.165) is 17.8 Å². The number of rotatable bonds is 6. The van der Waals surface area contributed by atoms with Gasteiger partial charge in [-0.05, 0) is 39.1 Å². The lowest BCUT2D eigenvalue weighted by Gasteiger charge is -2.24. The number of anilines is 1.